The molecule has 1 atom stereocenters. The number of β-amino-alcohol motifs (C(OH)–C–C–N with tert-alkyl or cyclic N) is 1. The van der Waals surface area contributed by atoms with E-state index in [1.54, 1.807) is 13.3 Å². The number of aliphatic hydroxyl groups excluding tert-OH is 1. The Labute approximate surface area is 175 Å². The molecule has 0 amide bonds. The number of aromatic nitrogens is 1. The van der Waals surface area contributed by atoms with Gasteiger partial charge in [0.2, 0.25) is 0 Å². The summed E-state index contributed by atoms with van der Waals surface area (Å²) in [6.07, 6.45) is 10.2. The Balaban J connectivity index is 1.46. The Morgan fingerprint density at radius 1 is 1.17 bits per heavy atom. The molecule has 160 valence electrons. The lowest BCUT2D eigenvalue weighted by atomic mass is 10.0. The van der Waals surface area contributed by atoms with Crippen LogP contribution in [-0.4, -0.2) is 54.3 Å². The molecule has 0 aliphatic carbocycles. The van der Waals surface area contributed by atoms with Gasteiger partial charge in [0, 0.05) is 24.2 Å². The summed E-state index contributed by atoms with van der Waals surface area (Å²) in [5.74, 6) is 0.792. The SMILES string of the molecule is CCCCCCCNC1CCN(C[C@@H](O)c2ccnc3ccc(OC)cc23)CC1. The molecule has 1 saturated heterocycles. The van der Waals surface area contributed by atoms with Crippen molar-refractivity contribution in [3.63, 3.8) is 0 Å². The van der Waals surface area contributed by atoms with E-state index in [1.165, 1.54) is 32.1 Å². The number of unbranched alkanes of at least 4 members (excludes halogenated alkanes) is 4. The molecule has 0 saturated carbocycles. The third-order valence-electron chi connectivity index (χ3n) is 6.07. The monoisotopic (exact) mass is 399 g/mol. The number of hydrogen-bond acceptors (Lipinski definition) is 5. The third kappa shape index (κ3) is 6.39. The van der Waals surface area contributed by atoms with Crippen molar-refractivity contribution in [3.8, 4) is 5.75 Å². The fourth-order valence-corrected chi connectivity index (χ4v) is 4.26. The normalized spacial score (nSPS) is 16.9. The molecule has 0 bridgehead atoms. The van der Waals surface area contributed by atoms with Gasteiger partial charge in [0.25, 0.3) is 0 Å². The molecule has 1 fully saturated rings. The molecule has 2 aromatic rings. The van der Waals surface area contributed by atoms with Crippen LogP contribution in [0.4, 0.5) is 0 Å². The van der Waals surface area contributed by atoms with Gasteiger partial charge in [-0.1, -0.05) is 32.6 Å². The van der Waals surface area contributed by atoms with E-state index in [4.69, 9.17) is 4.74 Å². The predicted molar refractivity (Wildman–Crippen MR) is 119 cm³/mol. The Hall–Kier alpha value is -1.69. The number of nitrogens with zero attached hydrogens (tertiary/aromatic N) is 2. The number of methoxy groups -OCH3 is 1. The highest BCUT2D eigenvalue weighted by molar-refractivity contribution is 5.83. The van der Waals surface area contributed by atoms with Gasteiger partial charge in [-0.3, -0.25) is 4.98 Å². The minimum Gasteiger partial charge on any atom is -0.497 e. The minimum atomic E-state index is -0.518. The summed E-state index contributed by atoms with van der Waals surface area (Å²) in [5.41, 5.74) is 1.82. The van der Waals surface area contributed by atoms with E-state index in [9.17, 15) is 5.11 Å². The average molecular weight is 400 g/mol. The smallest absolute Gasteiger partial charge is 0.119 e. The lowest BCUT2D eigenvalue weighted by Gasteiger charge is -2.33. The van der Waals surface area contributed by atoms with Crippen LogP contribution in [0.5, 0.6) is 5.75 Å². The Bertz CT molecular complexity index is 744. The van der Waals surface area contributed by atoms with Crippen LogP contribution in [0.2, 0.25) is 0 Å². The van der Waals surface area contributed by atoms with E-state index in [1.807, 2.05) is 24.3 Å². The van der Waals surface area contributed by atoms with Crippen LogP contribution >= 0.6 is 0 Å². The molecule has 0 radical (unpaired) electrons. The maximum absolute atomic E-state index is 10.9. The van der Waals surface area contributed by atoms with Gasteiger partial charge < -0.3 is 20.1 Å². The summed E-state index contributed by atoms with van der Waals surface area (Å²) < 4.78 is 5.35. The van der Waals surface area contributed by atoms with Gasteiger partial charge in [0.15, 0.2) is 0 Å². The second kappa shape index (κ2) is 11.5. The van der Waals surface area contributed by atoms with Crippen molar-refractivity contribution in [2.45, 2.75) is 64.0 Å². The Morgan fingerprint density at radius 2 is 1.97 bits per heavy atom. The summed E-state index contributed by atoms with van der Waals surface area (Å²) in [6.45, 7) is 6.15. The molecule has 5 heteroatoms. The summed E-state index contributed by atoms with van der Waals surface area (Å²) in [7, 11) is 1.66. The number of benzene rings is 1. The molecule has 1 aliphatic rings. The summed E-state index contributed by atoms with van der Waals surface area (Å²) in [6, 6.07) is 8.38. The van der Waals surface area contributed by atoms with Gasteiger partial charge in [0.1, 0.15) is 5.75 Å². The van der Waals surface area contributed by atoms with Crippen molar-refractivity contribution in [1.29, 1.82) is 0 Å². The van der Waals surface area contributed by atoms with Gasteiger partial charge in [0.05, 0.1) is 18.7 Å². The van der Waals surface area contributed by atoms with Crippen LogP contribution in [0, 0.1) is 0 Å². The summed E-state index contributed by atoms with van der Waals surface area (Å²) >= 11 is 0. The number of aliphatic hydroxyl groups is 1. The van der Waals surface area contributed by atoms with Crippen molar-refractivity contribution in [2.24, 2.45) is 0 Å². The largest absolute Gasteiger partial charge is 0.497 e. The standard InChI is InChI=1S/C24H37N3O2/c1-3-4-5-6-7-13-25-19-11-15-27(16-12-19)18-24(28)21-10-14-26-23-9-8-20(29-2)17-22(21)23/h8-10,14,17,19,24-25,28H,3-7,11-13,15-16,18H2,1-2H3/t24-/m1/s1. The molecule has 2 heterocycles. The van der Waals surface area contributed by atoms with Gasteiger partial charge >= 0.3 is 0 Å². The molecule has 2 N–H and O–H groups in total. The molecule has 5 nitrogen and oxygen atoms in total. The lowest BCUT2D eigenvalue weighted by molar-refractivity contribution is 0.0950. The van der Waals surface area contributed by atoms with Gasteiger partial charge in [-0.15, -0.1) is 0 Å². The molecule has 1 aromatic heterocycles. The fourth-order valence-electron chi connectivity index (χ4n) is 4.26. The first-order chi connectivity index (χ1) is 14.2. The van der Waals surface area contributed by atoms with Crippen LogP contribution in [-0.2, 0) is 0 Å². The van der Waals surface area contributed by atoms with Crippen LogP contribution in [0.15, 0.2) is 30.5 Å². The molecule has 1 aromatic carbocycles. The molecular weight excluding hydrogens is 362 g/mol. The highest BCUT2D eigenvalue weighted by Crippen LogP contribution is 2.27. The van der Waals surface area contributed by atoms with Crippen molar-refractivity contribution < 1.29 is 9.84 Å². The highest BCUT2D eigenvalue weighted by Gasteiger charge is 2.22. The van der Waals surface area contributed by atoms with Crippen molar-refractivity contribution in [1.82, 2.24) is 15.2 Å². The van der Waals surface area contributed by atoms with Crippen molar-refractivity contribution in [2.75, 3.05) is 33.3 Å². The zero-order chi connectivity index (χ0) is 20.5. The molecular formula is C24H37N3O2. The van der Waals surface area contributed by atoms with Crippen molar-refractivity contribution >= 4 is 10.9 Å². The Morgan fingerprint density at radius 3 is 2.72 bits per heavy atom. The topological polar surface area (TPSA) is 57.6 Å². The first-order valence-corrected chi connectivity index (χ1v) is 11.3. The lowest BCUT2D eigenvalue weighted by Crippen LogP contribution is -2.44. The maximum atomic E-state index is 10.9. The Kier molecular flexibility index (Phi) is 8.71. The molecule has 0 spiro atoms. The molecule has 1 aliphatic heterocycles. The molecule has 0 unspecified atom stereocenters. The quantitative estimate of drug-likeness (QED) is 0.552. The average Bonchev–Trinajstić information content (AvgIpc) is 2.76. The number of piperidine rings is 1. The van der Waals surface area contributed by atoms with E-state index in [0.29, 0.717) is 12.6 Å². The second-order valence-electron chi connectivity index (χ2n) is 8.24. The van der Waals surface area contributed by atoms with E-state index in [2.05, 4.69) is 22.1 Å². The van der Waals surface area contributed by atoms with Crippen LogP contribution in [0.3, 0.4) is 0 Å². The van der Waals surface area contributed by atoms with Gasteiger partial charge in [-0.05, 0) is 68.7 Å². The first kappa shape index (κ1) is 22.0. The summed E-state index contributed by atoms with van der Waals surface area (Å²) in [4.78, 5) is 6.81. The van der Waals surface area contributed by atoms with Gasteiger partial charge in [-0.2, -0.15) is 0 Å². The second-order valence-corrected chi connectivity index (χ2v) is 8.24. The molecule has 3 rings (SSSR count). The van der Waals surface area contributed by atoms with E-state index < -0.39 is 6.10 Å². The van der Waals surface area contributed by atoms with E-state index in [-0.39, 0.29) is 0 Å². The van der Waals surface area contributed by atoms with Crippen molar-refractivity contribution in [3.05, 3.63) is 36.0 Å². The zero-order valence-electron chi connectivity index (χ0n) is 18.1. The third-order valence-corrected chi connectivity index (χ3v) is 6.07. The number of ether oxygens (including phenoxy) is 1. The van der Waals surface area contributed by atoms with Crippen LogP contribution in [0.25, 0.3) is 10.9 Å². The van der Waals surface area contributed by atoms with Gasteiger partial charge in [-0.25, -0.2) is 0 Å². The fraction of sp³-hybridized carbons (Fsp3) is 0.625. The maximum Gasteiger partial charge on any atom is 0.119 e. The van der Waals surface area contributed by atoms with Crippen LogP contribution < -0.4 is 10.1 Å². The van der Waals surface area contributed by atoms with Crippen LogP contribution in [0.1, 0.15) is 63.5 Å². The predicted octanol–water partition coefficient (Wildman–Crippen LogP) is 4.30. The number of hydrogen-bond donors (Lipinski definition) is 2. The highest BCUT2D eigenvalue weighted by atomic mass is 16.5. The van der Waals surface area contributed by atoms with E-state index in [0.717, 1.165) is 54.7 Å². The number of fused-ring (bicyclic) bond motifs is 1. The number of pyridine rings is 1. The van der Waals surface area contributed by atoms with E-state index >= 15 is 0 Å². The first-order valence-electron chi connectivity index (χ1n) is 11.3. The number of nitrogens with one attached hydrogen (secondary N) is 1. The summed E-state index contributed by atoms with van der Waals surface area (Å²) in [5, 5.41) is 15.6. The number of rotatable bonds is 11. The number of likely N-dealkylation sites (tertiary alicyclic amines) is 1. The molecule has 29 heavy (non-hydrogen) atoms. The zero-order valence-corrected chi connectivity index (χ0v) is 18.1. The minimum absolute atomic E-state index is 0.518.